The lowest BCUT2D eigenvalue weighted by Gasteiger charge is -2.16. The Morgan fingerprint density at radius 1 is 0.625 bits per heavy atom. The van der Waals surface area contributed by atoms with Crippen LogP contribution in [0.5, 0.6) is 0 Å². The lowest BCUT2D eigenvalue weighted by atomic mass is 10.0. The Bertz CT molecular complexity index is 522. The average molecular weight is 476 g/mol. The fourth-order valence-corrected chi connectivity index (χ4v) is 4.60. The van der Waals surface area contributed by atoms with E-state index in [1.165, 1.54) is 120 Å². The second-order valence-electron chi connectivity index (χ2n) is 9.57. The second-order valence-corrected chi connectivity index (χ2v) is 11.1. The van der Waals surface area contributed by atoms with Gasteiger partial charge in [0.25, 0.3) is 10.1 Å². The molecule has 0 fully saturated rings. The number of hydrogen-bond acceptors (Lipinski definition) is 3. The lowest BCUT2D eigenvalue weighted by molar-refractivity contribution is -0.129. The van der Waals surface area contributed by atoms with Crippen LogP contribution in [0.15, 0.2) is 0 Å². The molecule has 1 amide bonds. The van der Waals surface area contributed by atoms with E-state index in [9.17, 15) is 13.2 Å². The summed E-state index contributed by atoms with van der Waals surface area (Å²) in [6.45, 7) is 2.33. The molecule has 0 unspecified atom stereocenters. The van der Waals surface area contributed by atoms with Crippen molar-refractivity contribution in [3.05, 3.63) is 0 Å². The van der Waals surface area contributed by atoms with Crippen molar-refractivity contribution in [2.24, 2.45) is 0 Å². The van der Waals surface area contributed by atoms with E-state index in [-0.39, 0.29) is 12.5 Å². The molecule has 0 saturated heterocycles. The molecule has 0 heterocycles. The molecule has 0 aliphatic rings. The zero-order valence-electron chi connectivity index (χ0n) is 21.3. The normalized spacial score (nSPS) is 11.7. The van der Waals surface area contributed by atoms with Gasteiger partial charge in [0, 0.05) is 20.0 Å². The van der Waals surface area contributed by atoms with Crippen LogP contribution >= 0.6 is 0 Å². The molecule has 5 nitrogen and oxygen atoms in total. The summed E-state index contributed by atoms with van der Waals surface area (Å²) in [7, 11) is -2.41. The van der Waals surface area contributed by atoms with Crippen molar-refractivity contribution in [2.75, 3.05) is 19.3 Å². The Morgan fingerprint density at radius 2 is 0.938 bits per heavy atom. The highest BCUT2D eigenvalue weighted by molar-refractivity contribution is 7.85. The number of carbonyl (C=O) groups excluding carboxylic acids is 1. The predicted octanol–water partition coefficient (Wildman–Crippen LogP) is 7.54. The van der Waals surface area contributed by atoms with Crippen molar-refractivity contribution in [1.82, 2.24) is 4.90 Å². The first-order valence-electron chi connectivity index (χ1n) is 13.6. The van der Waals surface area contributed by atoms with Gasteiger partial charge >= 0.3 is 0 Å². The molecule has 0 aromatic heterocycles. The fraction of sp³-hybridized carbons (Fsp3) is 0.962. The van der Waals surface area contributed by atoms with Crippen molar-refractivity contribution in [2.45, 2.75) is 142 Å². The van der Waals surface area contributed by atoms with Crippen LogP contribution < -0.4 is 0 Å². The second kappa shape index (κ2) is 22.2. The highest BCUT2D eigenvalue weighted by Crippen LogP contribution is 2.15. The largest absolute Gasteiger partial charge is 0.345 e. The maximum absolute atomic E-state index is 11.9. The van der Waals surface area contributed by atoms with Crippen LogP contribution in [-0.4, -0.2) is 43.1 Å². The van der Waals surface area contributed by atoms with Gasteiger partial charge in [0.05, 0.1) is 5.75 Å². The van der Waals surface area contributed by atoms with E-state index in [4.69, 9.17) is 4.55 Å². The van der Waals surface area contributed by atoms with Crippen molar-refractivity contribution in [1.29, 1.82) is 0 Å². The molecule has 0 aliphatic heterocycles. The molecule has 0 aromatic carbocycles. The molecule has 192 valence electrons. The van der Waals surface area contributed by atoms with Crippen molar-refractivity contribution >= 4 is 16.0 Å². The van der Waals surface area contributed by atoms with E-state index < -0.39 is 15.9 Å². The van der Waals surface area contributed by atoms with Gasteiger partial charge in [0.15, 0.2) is 0 Å². The first kappa shape index (κ1) is 31.4. The summed E-state index contributed by atoms with van der Waals surface area (Å²) >= 11 is 0. The monoisotopic (exact) mass is 475 g/mol. The SMILES string of the molecule is CCCCCCCCCCCCCCCCCCCCCCC(=O)N(C)CCS(=O)(=O)O. The average Bonchev–Trinajstić information content (AvgIpc) is 2.75. The highest BCUT2D eigenvalue weighted by atomic mass is 32.2. The highest BCUT2D eigenvalue weighted by Gasteiger charge is 2.12. The molecule has 32 heavy (non-hydrogen) atoms. The van der Waals surface area contributed by atoms with Gasteiger partial charge in [-0.05, 0) is 6.42 Å². The number of unbranched alkanes of at least 4 members (excludes halogenated alkanes) is 19. The fourth-order valence-electron chi connectivity index (χ4n) is 4.10. The third kappa shape index (κ3) is 24.0. The van der Waals surface area contributed by atoms with Gasteiger partial charge in [-0.3, -0.25) is 9.35 Å². The Balaban J connectivity index is 3.24. The third-order valence-electron chi connectivity index (χ3n) is 6.35. The number of hydrogen-bond donors (Lipinski definition) is 1. The summed E-state index contributed by atoms with van der Waals surface area (Å²) in [5.41, 5.74) is 0. The number of amides is 1. The van der Waals surface area contributed by atoms with E-state index in [1.54, 1.807) is 7.05 Å². The zero-order valence-corrected chi connectivity index (χ0v) is 22.1. The Labute approximate surface area is 199 Å². The molecule has 0 bridgehead atoms. The minimum Gasteiger partial charge on any atom is -0.345 e. The number of nitrogens with zero attached hydrogens (tertiary/aromatic N) is 1. The summed E-state index contributed by atoms with van der Waals surface area (Å²) in [4.78, 5) is 13.3. The van der Waals surface area contributed by atoms with Gasteiger partial charge in [-0.1, -0.05) is 129 Å². The van der Waals surface area contributed by atoms with Gasteiger partial charge in [-0.2, -0.15) is 8.42 Å². The zero-order chi connectivity index (χ0) is 23.9. The van der Waals surface area contributed by atoms with Crippen molar-refractivity contribution < 1.29 is 17.8 Å². The Kier molecular flexibility index (Phi) is 21.8. The molecule has 0 radical (unpaired) electrons. The van der Waals surface area contributed by atoms with Gasteiger partial charge in [0.1, 0.15) is 0 Å². The molecule has 0 rings (SSSR count). The first-order chi connectivity index (χ1) is 15.4. The number of carbonyl (C=O) groups is 1. The molecule has 0 aromatic rings. The predicted molar refractivity (Wildman–Crippen MR) is 137 cm³/mol. The van der Waals surface area contributed by atoms with E-state index in [0.717, 1.165) is 12.8 Å². The van der Waals surface area contributed by atoms with Crippen LogP contribution in [0.25, 0.3) is 0 Å². The summed E-state index contributed by atoms with van der Waals surface area (Å²) in [5.74, 6) is -0.440. The van der Waals surface area contributed by atoms with Crippen molar-refractivity contribution in [3.63, 3.8) is 0 Å². The van der Waals surface area contributed by atoms with Crippen LogP contribution in [-0.2, 0) is 14.9 Å². The van der Waals surface area contributed by atoms with Crippen molar-refractivity contribution in [3.8, 4) is 0 Å². The minimum absolute atomic E-state index is 0.0453. The van der Waals surface area contributed by atoms with Gasteiger partial charge in [0.2, 0.25) is 5.91 Å². The van der Waals surface area contributed by atoms with Gasteiger partial charge in [-0.25, -0.2) is 0 Å². The van der Waals surface area contributed by atoms with E-state index in [2.05, 4.69) is 6.92 Å². The minimum atomic E-state index is -4.00. The maximum atomic E-state index is 11.9. The summed E-state index contributed by atoms with van der Waals surface area (Å²) in [6, 6.07) is 0. The summed E-state index contributed by atoms with van der Waals surface area (Å²) < 4.78 is 30.2. The standard InChI is InChI=1S/C26H53NO4S/c1-3-4-5-6-7-8-9-10-11-12-13-14-15-16-17-18-19-20-21-22-23-26(28)27(2)24-25-32(29,30)31/h3-25H2,1-2H3,(H,29,30,31). The van der Waals surface area contributed by atoms with E-state index in [1.807, 2.05) is 0 Å². The molecule has 0 spiro atoms. The Morgan fingerprint density at radius 3 is 1.25 bits per heavy atom. The molecule has 0 saturated carbocycles. The van der Waals surface area contributed by atoms with Crippen LogP contribution in [0.2, 0.25) is 0 Å². The molecule has 0 aliphatic carbocycles. The van der Waals surface area contributed by atoms with Crippen LogP contribution in [0.3, 0.4) is 0 Å². The molecular weight excluding hydrogens is 422 g/mol. The van der Waals surface area contributed by atoms with Crippen LogP contribution in [0.4, 0.5) is 0 Å². The summed E-state index contributed by atoms with van der Waals surface area (Å²) in [6.07, 6.45) is 27.1. The van der Waals surface area contributed by atoms with E-state index in [0.29, 0.717) is 6.42 Å². The third-order valence-corrected chi connectivity index (χ3v) is 7.05. The van der Waals surface area contributed by atoms with Gasteiger partial charge < -0.3 is 4.90 Å². The van der Waals surface area contributed by atoms with Crippen LogP contribution in [0, 0.1) is 0 Å². The molecule has 6 heteroatoms. The molecular formula is C26H53NO4S. The molecule has 1 N–H and O–H groups in total. The lowest BCUT2D eigenvalue weighted by Crippen LogP contribution is -2.31. The first-order valence-corrected chi connectivity index (χ1v) is 15.2. The summed E-state index contributed by atoms with van der Waals surface area (Å²) in [5, 5.41) is 0. The topological polar surface area (TPSA) is 74.7 Å². The maximum Gasteiger partial charge on any atom is 0.266 e. The quantitative estimate of drug-likeness (QED) is 0.115. The Hall–Kier alpha value is -0.620. The smallest absolute Gasteiger partial charge is 0.266 e. The van der Waals surface area contributed by atoms with Crippen LogP contribution in [0.1, 0.15) is 142 Å². The number of rotatable bonds is 24. The van der Waals surface area contributed by atoms with Gasteiger partial charge in [-0.15, -0.1) is 0 Å². The van der Waals surface area contributed by atoms with E-state index >= 15 is 0 Å². The molecule has 0 atom stereocenters.